The molecule has 0 aliphatic carbocycles. The average molecular weight is 604 g/mol. The van der Waals surface area contributed by atoms with Crippen LogP contribution in [0, 0.1) is 13.8 Å². The molecule has 0 radical (unpaired) electrons. The van der Waals surface area contributed by atoms with Gasteiger partial charge in [-0.3, -0.25) is 0 Å². The zero-order valence-corrected chi connectivity index (χ0v) is 27.5. The largest absolute Gasteiger partial charge is 0.455 e. The predicted octanol–water partition coefficient (Wildman–Crippen LogP) is 11.9. The second-order valence-corrected chi connectivity index (χ2v) is 13.1. The summed E-state index contributed by atoms with van der Waals surface area (Å²) >= 11 is 0. The first-order valence-electron chi connectivity index (χ1n) is 17.7. The number of furan rings is 1. The molecule has 2 heteroatoms. The maximum absolute atomic E-state index is 8.71. The van der Waals surface area contributed by atoms with E-state index in [9.17, 15) is 0 Å². The summed E-state index contributed by atoms with van der Waals surface area (Å²) < 4.78 is 34.8. The summed E-state index contributed by atoms with van der Waals surface area (Å²) in [4.78, 5) is 0. The molecule has 2 aromatic heterocycles. The van der Waals surface area contributed by atoms with E-state index < -0.39 is 6.85 Å². The van der Waals surface area contributed by atoms with Gasteiger partial charge in [-0.25, -0.2) is 4.57 Å². The topological polar surface area (TPSA) is 17.0 Å². The van der Waals surface area contributed by atoms with Gasteiger partial charge in [-0.2, -0.15) is 0 Å². The molecule has 0 aliphatic rings. The number of nitrogens with zero attached hydrogens (tertiary/aromatic N) is 1. The lowest BCUT2D eigenvalue weighted by atomic mass is 9.81. The van der Waals surface area contributed by atoms with Gasteiger partial charge in [0, 0.05) is 26.5 Å². The quantitative estimate of drug-likeness (QED) is 0.173. The molecule has 228 valence electrons. The molecule has 46 heavy (non-hydrogen) atoms. The zero-order valence-electron chi connectivity index (χ0n) is 30.5. The van der Waals surface area contributed by atoms with Crippen molar-refractivity contribution < 1.29 is 13.1 Å². The summed E-state index contributed by atoms with van der Waals surface area (Å²) in [6.07, 6.45) is 1.81. The lowest BCUT2D eigenvalue weighted by Gasteiger charge is -2.23. The van der Waals surface area contributed by atoms with Crippen molar-refractivity contribution in [1.82, 2.24) is 0 Å². The lowest BCUT2D eigenvalue weighted by Crippen LogP contribution is -2.31. The number of benzene rings is 5. The highest BCUT2D eigenvalue weighted by molar-refractivity contribution is 6.10. The molecule has 2 heterocycles. The van der Waals surface area contributed by atoms with Gasteiger partial charge in [0.25, 0.3) is 0 Å². The smallest absolute Gasteiger partial charge is 0.216 e. The minimum atomic E-state index is -2.32. The van der Waals surface area contributed by atoms with Gasteiger partial charge in [0.2, 0.25) is 5.69 Å². The maximum Gasteiger partial charge on any atom is 0.216 e. The van der Waals surface area contributed by atoms with E-state index in [1.54, 1.807) is 0 Å². The Morgan fingerprint density at radius 2 is 1.22 bits per heavy atom. The van der Waals surface area contributed by atoms with Crippen LogP contribution in [0.5, 0.6) is 0 Å². The molecule has 0 saturated heterocycles. The minimum Gasteiger partial charge on any atom is -0.455 e. The molecule has 0 spiro atoms. The summed E-state index contributed by atoms with van der Waals surface area (Å²) in [7, 11) is 1.94. The summed E-state index contributed by atoms with van der Waals surface area (Å²) in [6, 6.07) is 38.1. The van der Waals surface area contributed by atoms with Gasteiger partial charge in [-0.05, 0) is 87.8 Å². The standard InChI is InChI=1S/C44H42NO/c1-27(2)37-22-34(32-16-12-9-13-17-32)23-38(28(3)4)43(37)39-25-40(45(7)26-30(39)6)42-29(5)18-20-36-35-21-19-33(24-41(35)46-44(36)42)31-14-10-8-11-15-31/h8-28H,1-7H3/q+1/i6D3. The van der Waals surface area contributed by atoms with E-state index in [1.807, 2.05) is 42.1 Å². The van der Waals surface area contributed by atoms with Gasteiger partial charge in [0.15, 0.2) is 6.20 Å². The van der Waals surface area contributed by atoms with Crippen LogP contribution in [0.15, 0.2) is 120 Å². The number of rotatable bonds is 6. The van der Waals surface area contributed by atoms with Crippen molar-refractivity contribution in [3.8, 4) is 44.6 Å². The highest BCUT2D eigenvalue weighted by Gasteiger charge is 2.26. The van der Waals surface area contributed by atoms with Gasteiger partial charge in [-0.1, -0.05) is 119 Å². The molecule has 7 aromatic rings. The van der Waals surface area contributed by atoms with Gasteiger partial charge in [0.05, 0.1) is 5.56 Å². The fourth-order valence-electron chi connectivity index (χ4n) is 6.88. The van der Waals surface area contributed by atoms with Gasteiger partial charge < -0.3 is 4.42 Å². The van der Waals surface area contributed by atoms with Gasteiger partial charge in [-0.15, -0.1) is 0 Å². The Balaban J connectivity index is 1.52. The van der Waals surface area contributed by atoms with Crippen LogP contribution in [0.3, 0.4) is 0 Å². The van der Waals surface area contributed by atoms with Crippen LogP contribution in [0.1, 0.15) is 65.9 Å². The number of hydrogen-bond acceptors (Lipinski definition) is 1. The van der Waals surface area contributed by atoms with E-state index in [1.165, 1.54) is 0 Å². The van der Waals surface area contributed by atoms with Crippen LogP contribution in [-0.4, -0.2) is 0 Å². The molecule has 0 saturated carbocycles. The van der Waals surface area contributed by atoms with Gasteiger partial charge >= 0.3 is 0 Å². The van der Waals surface area contributed by atoms with Crippen LogP contribution >= 0.6 is 0 Å². The zero-order chi connectivity index (χ0) is 34.6. The van der Waals surface area contributed by atoms with Crippen molar-refractivity contribution >= 4 is 21.9 Å². The molecular formula is C44H42NO+. The number of hydrogen-bond donors (Lipinski definition) is 0. The molecule has 0 bridgehead atoms. The van der Waals surface area contributed by atoms with E-state index in [-0.39, 0.29) is 11.8 Å². The fourth-order valence-corrected chi connectivity index (χ4v) is 6.88. The third kappa shape index (κ3) is 5.12. The number of aromatic nitrogens is 1. The monoisotopic (exact) mass is 603 g/mol. The van der Waals surface area contributed by atoms with Crippen LogP contribution in [0.2, 0.25) is 0 Å². The normalized spacial score (nSPS) is 13.0. The first-order chi connectivity index (χ1) is 23.4. The summed E-state index contributed by atoms with van der Waals surface area (Å²) in [5.74, 6) is 0.328. The van der Waals surface area contributed by atoms with E-state index in [0.29, 0.717) is 5.56 Å². The second-order valence-electron chi connectivity index (χ2n) is 13.1. The fraction of sp³-hybridized carbons (Fsp3) is 0.205. The minimum absolute atomic E-state index is 0.164. The Kier molecular flexibility index (Phi) is 6.72. The summed E-state index contributed by atoms with van der Waals surface area (Å²) in [6.45, 7) is 8.56. The average Bonchev–Trinajstić information content (AvgIpc) is 3.46. The SMILES string of the molecule is [2H]C([2H])([2H])c1c[n+](C)c(-c2c(C)ccc3c2oc2cc(-c4ccccc4)ccc23)cc1-c1c(C(C)C)cc(-c2ccccc2)cc1C(C)C. The molecule has 0 amide bonds. The molecule has 0 fully saturated rings. The third-order valence-corrected chi connectivity index (χ3v) is 9.31. The molecule has 5 aromatic carbocycles. The second kappa shape index (κ2) is 11.8. The number of pyridine rings is 1. The molecule has 0 aliphatic heterocycles. The van der Waals surface area contributed by atoms with Crippen molar-refractivity contribution in [1.29, 1.82) is 0 Å². The van der Waals surface area contributed by atoms with Crippen LogP contribution < -0.4 is 4.57 Å². The summed E-state index contributed by atoms with van der Waals surface area (Å²) in [5, 5.41) is 2.09. The van der Waals surface area contributed by atoms with Crippen molar-refractivity contribution in [3.63, 3.8) is 0 Å². The Labute approximate surface area is 277 Å². The van der Waals surface area contributed by atoms with Crippen molar-refractivity contribution in [2.45, 2.75) is 53.3 Å². The maximum atomic E-state index is 8.71. The molecule has 0 atom stereocenters. The van der Waals surface area contributed by atoms with E-state index in [2.05, 4.69) is 120 Å². The first kappa shape index (κ1) is 26.3. The Morgan fingerprint density at radius 3 is 1.83 bits per heavy atom. The third-order valence-electron chi connectivity index (χ3n) is 9.31. The number of fused-ring (bicyclic) bond motifs is 3. The van der Waals surface area contributed by atoms with E-state index in [4.69, 9.17) is 8.53 Å². The molecule has 2 nitrogen and oxygen atoms in total. The first-order valence-corrected chi connectivity index (χ1v) is 16.2. The molecule has 0 unspecified atom stereocenters. The Hall–Kier alpha value is -4.95. The molecule has 0 N–H and O–H groups in total. The van der Waals surface area contributed by atoms with Crippen molar-refractivity contribution in [3.05, 3.63) is 138 Å². The summed E-state index contributed by atoms with van der Waals surface area (Å²) in [5.41, 5.74) is 13.5. The van der Waals surface area contributed by atoms with Crippen LogP contribution in [-0.2, 0) is 7.05 Å². The lowest BCUT2D eigenvalue weighted by molar-refractivity contribution is -0.660. The van der Waals surface area contributed by atoms with E-state index >= 15 is 0 Å². The van der Waals surface area contributed by atoms with E-state index in [0.717, 1.165) is 83.3 Å². The highest BCUT2D eigenvalue weighted by Crippen LogP contribution is 2.43. The highest BCUT2D eigenvalue weighted by atomic mass is 16.3. The van der Waals surface area contributed by atoms with Crippen LogP contribution in [0.25, 0.3) is 66.6 Å². The van der Waals surface area contributed by atoms with Crippen molar-refractivity contribution in [2.24, 2.45) is 7.05 Å². The number of aryl methyl sites for hydroxylation is 3. The molecular weight excluding hydrogens is 558 g/mol. The molecule has 7 rings (SSSR count). The van der Waals surface area contributed by atoms with Gasteiger partial charge in [0.1, 0.15) is 18.2 Å². The Morgan fingerprint density at radius 1 is 0.609 bits per heavy atom. The predicted molar refractivity (Wildman–Crippen MR) is 194 cm³/mol. The van der Waals surface area contributed by atoms with Crippen LogP contribution in [0.4, 0.5) is 0 Å². The Bertz CT molecular complexity index is 2300. The van der Waals surface area contributed by atoms with Crippen molar-refractivity contribution in [2.75, 3.05) is 0 Å².